The number of hydroxylamine groups is 1. The van der Waals surface area contributed by atoms with Gasteiger partial charge in [-0.1, -0.05) is 18.9 Å². The number of sulfonamides is 1. The first-order valence-electron chi connectivity index (χ1n) is 19.8. The smallest absolute Gasteiger partial charge is 0.266 e. The monoisotopic (exact) mass is 993 g/mol. The van der Waals surface area contributed by atoms with E-state index in [0.717, 1.165) is 57.2 Å². The van der Waals surface area contributed by atoms with Gasteiger partial charge in [-0.05, 0) is 88.3 Å². The quantitative estimate of drug-likeness (QED) is 0.0159. The van der Waals surface area contributed by atoms with E-state index >= 15 is 0 Å². The van der Waals surface area contributed by atoms with Crippen LogP contribution in [0, 0.1) is 0 Å². The van der Waals surface area contributed by atoms with E-state index in [1.165, 1.54) is 6.07 Å². The van der Waals surface area contributed by atoms with Crippen LogP contribution in [-0.4, -0.2) is 118 Å². The highest BCUT2D eigenvalue weighted by atomic mass is 32.2. The molecular weight excluding hydrogens is 937 g/mol. The maximum absolute atomic E-state index is 13.3. The highest BCUT2D eigenvalue weighted by molar-refractivity contribution is 7.94. The average molecular weight is 994 g/mol. The molecule has 0 amide bonds. The number of nitrogens with one attached hydrogen (secondary N) is 2. The van der Waals surface area contributed by atoms with E-state index in [2.05, 4.69) is 49.8 Å². The molecule has 0 aromatic heterocycles. The fraction of sp³-hybridized carbons (Fsp3) is 0.639. The molecule has 20 nitrogen and oxygen atoms in total. The first-order chi connectivity index (χ1) is 28.9. The topological polar surface area (TPSA) is 285 Å². The Kier molecular flexibility index (Phi) is 19.1. The second-order valence-corrected chi connectivity index (χ2v) is 23.8. The lowest BCUT2D eigenvalue weighted by molar-refractivity contribution is -0.440. The molecule has 2 heterocycles. The van der Waals surface area contributed by atoms with Crippen molar-refractivity contribution in [3.05, 3.63) is 47.5 Å². The van der Waals surface area contributed by atoms with Crippen molar-refractivity contribution < 1.29 is 75.9 Å². The van der Waals surface area contributed by atoms with Crippen molar-refractivity contribution in [2.75, 3.05) is 54.1 Å². The van der Waals surface area contributed by atoms with E-state index in [0.29, 0.717) is 63.9 Å². The van der Waals surface area contributed by atoms with Crippen LogP contribution in [0.5, 0.6) is 0 Å². The van der Waals surface area contributed by atoms with Crippen LogP contribution >= 0.6 is 24.1 Å². The summed E-state index contributed by atoms with van der Waals surface area (Å²) in [5.74, 6) is -1.19. The Morgan fingerprint density at radius 1 is 0.806 bits per heavy atom. The molecule has 2 aliphatic heterocycles. The number of benzene rings is 2. The van der Waals surface area contributed by atoms with Gasteiger partial charge in [0, 0.05) is 83.9 Å². The van der Waals surface area contributed by atoms with E-state index in [1.54, 1.807) is 12.1 Å². The maximum atomic E-state index is 13.3. The lowest BCUT2D eigenvalue weighted by atomic mass is 9.74. The molecule has 2 aromatic rings. The van der Waals surface area contributed by atoms with E-state index in [4.69, 9.17) is 19.1 Å². The van der Waals surface area contributed by atoms with Crippen molar-refractivity contribution in [1.82, 2.24) is 10.2 Å². The molecule has 0 saturated carbocycles. The van der Waals surface area contributed by atoms with Crippen molar-refractivity contribution in [3.63, 3.8) is 0 Å². The standard InChI is InChI=1S/C36H56N4O16S6/c1-5-36(4)30-26-28(62(51,52)38-18-24-61(48,49)50)14-16-32(30)40(20-7-9-23-60(45,46)47)34(36)12-10-11-33-35(2,3)29-25-27(58-55-53-37-17-21-57-56-54-41)13-15-31(29)39(33)19-6-8-22-59(42,43)44/h13-16,25-26,34,37-38H,5-12,17-24H2,1-4H3,(H3-,41,42,43,44,45,46,47,48,49,50)/p+1. The van der Waals surface area contributed by atoms with Crippen molar-refractivity contribution in [1.29, 1.82) is 0 Å². The summed E-state index contributed by atoms with van der Waals surface area (Å²) in [6.45, 7) is 8.97. The average Bonchev–Trinajstić information content (AvgIpc) is 3.53. The predicted molar refractivity (Wildman–Crippen MR) is 235 cm³/mol. The van der Waals surface area contributed by atoms with Crippen LogP contribution in [0.3, 0.4) is 0 Å². The minimum atomic E-state index is -4.41. The summed E-state index contributed by atoms with van der Waals surface area (Å²) in [6.07, 6.45) is 3.87. The van der Waals surface area contributed by atoms with Gasteiger partial charge in [0.25, 0.3) is 30.4 Å². The number of unbranched alkanes of at least 4 members (excludes halogenated alkanes) is 2. The van der Waals surface area contributed by atoms with Crippen molar-refractivity contribution in [2.45, 2.75) is 106 Å². The molecule has 2 aliphatic rings. The molecule has 2 aromatic carbocycles. The van der Waals surface area contributed by atoms with Crippen molar-refractivity contribution in [3.8, 4) is 0 Å². The molecule has 62 heavy (non-hydrogen) atoms. The molecule has 4 rings (SSSR count). The Bertz CT molecular complexity index is 2330. The van der Waals surface area contributed by atoms with Crippen LogP contribution in [0.4, 0.5) is 11.4 Å². The number of hydrogen-bond donors (Lipinski definition) is 6. The molecule has 0 saturated heterocycles. The van der Waals surface area contributed by atoms with Crippen LogP contribution < -0.4 is 15.1 Å². The highest BCUT2D eigenvalue weighted by Crippen LogP contribution is 2.50. The maximum Gasteiger partial charge on any atom is 0.266 e. The summed E-state index contributed by atoms with van der Waals surface area (Å²) in [4.78, 5) is 7.88. The third-order valence-corrected chi connectivity index (χ3v) is 16.1. The molecule has 0 spiro atoms. The lowest BCUT2D eigenvalue weighted by Gasteiger charge is -2.37. The van der Waals surface area contributed by atoms with E-state index in [9.17, 15) is 42.8 Å². The summed E-state index contributed by atoms with van der Waals surface area (Å²) in [6, 6.07) is 10.4. The molecule has 2 atom stereocenters. The number of anilines is 1. The zero-order valence-corrected chi connectivity index (χ0v) is 39.8. The van der Waals surface area contributed by atoms with E-state index < -0.39 is 69.3 Å². The Morgan fingerprint density at radius 2 is 1.48 bits per heavy atom. The zero-order valence-electron chi connectivity index (χ0n) is 34.9. The van der Waals surface area contributed by atoms with Crippen molar-refractivity contribution >= 4 is 81.5 Å². The molecular formula is C36H57N4O16S6+. The van der Waals surface area contributed by atoms with Gasteiger partial charge in [0.2, 0.25) is 15.7 Å². The summed E-state index contributed by atoms with van der Waals surface area (Å²) in [5, 5.41) is 11.7. The summed E-state index contributed by atoms with van der Waals surface area (Å²) < 4.78 is 137. The molecule has 26 heteroatoms. The van der Waals surface area contributed by atoms with Gasteiger partial charge in [-0.3, -0.25) is 13.7 Å². The zero-order chi connectivity index (χ0) is 46.0. The van der Waals surface area contributed by atoms with Gasteiger partial charge in [-0.2, -0.15) is 35.3 Å². The van der Waals surface area contributed by atoms with E-state index in [1.807, 2.05) is 25.1 Å². The van der Waals surface area contributed by atoms with Crippen LogP contribution in [0.15, 0.2) is 46.2 Å². The third kappa shape index (κ3) is 14.8. The number of fused-ring (bicyclic) bond motifs is 2. The van der Waals surface area contributed by atoms with Gasteiger partial charge in [0.15, 0.2) is 5.71 Å². The van der Waals surface area contributed by atoms with Gasteiger partial charge in [-0.25, -0.2) is 18.4 Å². The Morgan fingerprint density at radius 3 is 2.13 bits per heavy atom. The summed E-state index contributed by atoms with van der Waals surface area (Å²) in [7, 11) is -16.9. The van der Waals surface area contributed by atoms with Gasteiger partial charge in [0.1, 0.15) is 6.54 Å². The van der Waals surface area contributed by atoms with Crippen LogP contribution in [0.25, 0.3) is 0 Å². The Hall–Kier alpha value is -1.99. The third-order valence-electron chi connectivity index (χ3n) is 11.2. The number of hydrogen-bond acceptors (Lipinski definition) is 17. The van der Waals surface area contributed by atoms with Gasteiger partial charge in [-0.15, -0.1) is 13.7 Å². The molecule has 2 unspecified atom stereocenters. The predicted octanol–water partition coefficient (Wildman–Crippen LogP) is 4.82. The number of nitrogens with zero attached hydrogens (tertiary/aromatic N) is 2. The minimum Gasteiger partial charge on any atom is -0.367 e. The normalized spacial score (nSPS) is 19.0. The van der Waals surface area contributed by atoms with Crippen LogP contribution in [-0.2, 0) is 69.9 Å². The summed E-state index contributed by atoms with van der Waals surface area (Å²) in [5.41, 5.74) is 6.09. The Labute approximate surface area is 373 Å². The first kappa shape index (κ1) is 52.6. The molecule has 352 valence electrons. The molecule has 0 bridgehead atoms. The highest BCUT2D eigenvalue weighted by Gasteiger charge is 2.48. The molecule has 0 fully saturated rings. The fourth-order valence-corrected chi connectivity index (χ4v) is 11.5. The fourth-order valence-electron chi connectivity index (χ4n) is 8.14. The SMILES string of the molecule is CCC1(C)c2cc(S(=O)(=O)NCCS(=O)(=O)O)ccc2N(CCCCS(=O)(=O)O)C1CCCC1=[N+](CCCCS(=O)(=O)O)c2ccc(SOONCCSOOO)cc2C1(C)C. The molecule has 6 N–H and O–H groups in total. The van der Waals surface area contributed by atoms with Gasteiger partial charge >= 0.3 is 0 Å². The molecule has 0 radical (unpaired) electrons. The van der Waals surface area contributed by atoms with Crippen molar-refractivity contribution in [2.24, 2.45) is 0 Å². The van der Waals surface area contributed by atoms with E-state index in [-0.39, 0.29) is 29.5 Å². The Balaban J connectivity index is 1.60. The minimum absolute atomic E-state index is 0.0753. The summed E-state index contributed by atoms with van der Waals surface area (Å²) >= 11 is 1.84. The molecule has 0 aliphatic carbocycles. The van der Waals surface area contributed by atoms with Crippen LogP contribution in [0.2, 0.25) is 0 Å². The van der Waals surface area contributed by atoms with Crippen LogP contribution in [0.1, 0.15) is 90.2 Å². The first-order valence-corrected chi connectivity index (χ1v) is 27.8. The van der Waals surface area contributed by atoms with Gasteiger partial charge in [0.05, 0.1) is 39.6 Å². The largest absolute Gasteiger partial charge is 0.367 e. The number of rotatable bonds is 29. The lowest BCUT2D eigenvalue weighted by Crippen LogP contribution is -2.43. The second-order valence-electron chi connectivity index (χ2n) is 15.7. The van der Waals surface area contributed by atoms with Gasteiger partial charge < -0.3 is 4.90 Å². The second kappa shape index (κ2) is 22.5.